The van der Waals surface area contributed by atoms with Crippen LogP contribution in [0, 0.1) is 11.7 Å². The Bertz CT molecular complexity index is 335. The lowest BCUT2D eigenvalue weighted by atomic mass is 10.1. The van der Waals surface area contributed by atoms with Gasteiger partial charge in [0.2, 0.25) is 0 Å². The summed E-state index contributed by atoms with van der Waals surface area (Å²) in [7, 11) is 0. The van der Waals surface area contributed by atoms with E-state index in [-0.39, 0.29) is 5.75 Å². The molecule has 0 heterocycles. The van der Waals surface area contributed by atoms with Gasteiger partial charge in [-0.3, -0.25) is 0 Å². The minimum absolute atomic E-state index is 0.255. The Kier molecular flexibility index (Phi) is 4.74. The van der Waals surface area contributed by atoms with Crippen LogP contribution in [-0.2, 0) is 0 Å². The molecule has 0 aliphatic rings. The summed E-state index contributed by atoms with van der Waals surface area (Å²) in [5.74, 6) is 0.381. The fourth-order valence-corrected chi connectivity index (χ4v) is 1.30. The molecule has 90 valence electrons. The fourth-order valence-electron chi connectivity index (χ4n) is 1.30. The molecule has 0 fully saturated rings. The van der Waals surface area contributed by atoms with Gasteiger partial charge < -0.3 is 9.84 Å². The van der Waals surface area contributed by atoms with Gasteiger partial charge in [-0.25, -0.2) is 4.39 Å². The average Bonchev–Trinajstić information content (AvgIpc) is 2.19. The molecule has 0 aromatic heterocycles. The second-order valence-electron chi connectivity index (χ2n) is 4.40. The van der Waals surface area contributed by atoms with Crippen molar-refractivity contribution in [2.45, 2.75) is 33.3 Å². The first-order valence-corrected chi connectivity index (χ1v) is 5.61. The Morgan fingerprint density at radius 3 is 2.50 bits per heavy atom. The van der Waals surface area contributed by atoms with Crippen molar-refractivity contribution in [1.82, 2.24) is 0 Å². The van der Waals surface area contributed by atoms with Gasteiger partial charge in [0.1, 0.15) is 0 Å². The topological polar surface area (TPSA) is 29.5 Å². The predicted octanol–water partition coefficient (Wildman–Crippen LogP) is 3.30. The number of aliphatic hydroxyl groups excluding tert-OH is 1. The summed E-state index contributed by atoms with van der Waals surface area (Å²) >= 11 is 0. The maximum atomic E-state index is 13.5. The van der Waals surface area contributed by atoms with Crippen LogP contribution in [-0.4, -0.2) is 11.7 Å². The van der Waals surface area contributed by atoms with Gasteiger partial charge in [0.15, 0.2) is 11.6 Å². The third kappa shape index (κ3) is 3.81. The second-order valence-corrected chi connectivity index (χ2v) is 4.40. The molecule has 0 bridgehead atoms. The van der Waals surface area contributed by atoms with Crippen molar-refractivity contribution in [2.24, 2.45) is 5.92 Å². The number of ether oxygens (including phenoxy) is 1. The number of aliphatic hydroxyl groups is 1. The van der Waals surface area contributed by atoms with E-state index in [2.05, 4.69) is 13.8 Å². The second kappa shape index (κ2) is 5.85. The summed E-state index contributed by atoms with van der Waals surface area (Å²) in [5, 5.41) is 9.28. The van der Waals surface area contributed by atoms with Crippen molar-refractivity contribution < 1.29 is 14.2 Å². The van der Waals surface area contributed by atoms with E-state index in [4.69, 9.17) is 4.74 Å². The highest BCUT2D eigenvalue weighted by atomic mass is 19.1. The Balaban J connectivity index is 2.61. The van der Waals surface area contributed by atoms with Gasteiger partial charge in [-0.1, -0.05) is 19.9 Å². The van der Waals surface area contributed by atoms with E-state index in [1.807, 2.05) is 0 Å². The third-order valence-corrected chi connectivity index (χ3v) is 2.39. The molecule has 0 aliphatic heterocycles. The summed E-state index contributed by atoms with van der Waals surface area (Å²) in [6, 6.07) is 4.56. The molecule has 1 rings (SSSR count). The van der Waals surface area contributed by atoms with Crippen molar-refractivity contribution in [1.29, 1.82) is 0 Å². The zero-order chi connectivity index (χ0) is 12.1. The summed E-state index contributed by atoms with van der Waals surface area (Å²) in [4.78, 5) is 0. The van der Waals surface area contributed by atoms with E-state index in [1.54, 1.807) is 19.1 Å². The number of benzene rings is 1. The van der Waals surface area contributed by atoms with Crippen LogP contribution < -0.4 is 4.74 Å². The molecular formula is C13H19FO2. The summed E-state index contributed by atoms with van der Waals surface area (Å²) in [5.41, 5.74) is 0.564. The molecule has 1 aromatic rings. The lowest BCUT2D eigenvalue weighted by molar-refractivity contribution is 0.198. The molecular weight excluding hydrogens is 207 g/mol. The zero-order valence-electron chi connectivity index (χ0n) is 10.0. The van der Waals surface area contributed by atoms with Gasteiger partial charge in [-0.05, 0) is 37.0 Å². The molecule has 1 unspecified atom stereocenters. The molecule has 0 spiro atoms. The zero-order valence-corrected chi connectivity index (χ0v) is 10.0. The molecule has 1 atom stereocenters. The SMILES string of the molecule is CC(C)CCOc1ccc(C(C)O)cc1F. The molecule has 1 N–H and O–H groups in total. The number of hydrogen-bond donors (Lipinski definition) is 1. The number of halogens is 1. The maximum absolute atomic E-state index is 13.5. The summed E-state index contributed by atoms with van der Waals surface area (Å²) < 4.78 is 18.8. The molecule has 2 nitrogen and oxygen atoms in total. The van der Waals surface area contributed by atoms with E-state index < -0.39 is 11.9 Å². The van der Waals surface area contributed by atoms with Crippen LogP contribution in [0.25, 0.3) is 0 Å². The first kappa shape index (κ1) is 13.0. The quantitative estimate of drug-likeness (QED) is 0.834. The first-order chi connectivity index (χ1) is 7.50. The van der Waals surface area contributed by atoms with Crippen LogP contribution in [0.1, 0.15) is 38.9 Å². The van der Waals surface area contributed by atoms with Gasteiger partial charge in [-0.2, -0.15) is 0 Å². The lowest BCUT2D eigenvalue weighted by Gasteiger charge is -2.10. The van der Waals surface area contributed by atoms with Gasteiger partial charge in [0.05, 0.1) is 12.7 Å². The van der Waals surface area contributed by atoms with Crippen molar-refractivity contribution >= 4 is 0 Å². The van der Waals surface area contributed by atoms with Crippen LogP contribution >= 0.6 is 0 Å². The van der Waals surface area contributed by atoms with E-state index >= 15 is 0 Å². The third-order valence-electron chi connectivity index (χ3n) is 2.39. The molecule has 0 saturated heterocycles. The van der Waals surface area contributed by atoms with Crippen molar-refractivity contribution in [2.75, 3.05) is 6.61 Å². The van der Waals surface area contributed by atoms with E-state index in [9.17, 15) is 9.50 Å². The first-order valence-electron chi connectivity index (χ1n) is 5.61. The standard InChI is InChI=1S/C13H19FO2/c1-9(2)6-7-16-13-5-4-11(10(3)15)8-12(13)14/h4-5,8-10,15H,6-7H2,1-3H3. The summed E-state index contributed by atoms with van der Waals surface area (Å²) in [6.45, 7) is 6.31. The molecule has 16 heavy (non-hydrogen) atoms. The normalized spacial score (nSPS) is 12.9. The monoisotopic (exact) mass is 226 g/mol. The predicted molar refractivity (Wildman–Crippen MR) is 62.0 cm³/mol. The summed E-state index contributed by atoms with van der Waals surface area (Å²) in [6.07, 6.45) is 0.247. The minimum atomic E-state index is -0.654. The molecule has 1 aromatic carbocycles. The van der Waals surface area contributed by atoms with Crippen LogP contribution in [0.15, 0.2) is 18.2 Å². The Labute approximate surface area is 96.1 Å². The van der Waals surface area contributed by atoms with Crippen molar-refractivity contribution in [3.8, 4) is 5.75 Å². The van der Waals surface area contributed by atoms with Crippen LogP contribution in [0.4, 0.5) is 4.39 Å². The number of rotatable bonds is 5. The molecule has 0 amide bonds. The average molecular weight is 226 g/mol. The van der Waals surface area contributed by atoms with Gasteiger partial charge >= 0.3 is 0 Å². The highest BCUT2D eigenvalue weighted by Gasteiger charge is 2.07. The lowest BCUT2D eigenvalue weighted by Crippen LogP contribution is -2.03. The Morgan fingerprint density at radius 1 is 1.31 bits per heavy atom. The van der Waals surface area contributed by atoms with Gasteiger partial charge in [-0.15, -0.1) is 0 Å². The minimum Gasteiger partial charge on any atom is -0.491 e. The Hall–Kier alpha value is -1.09. The maximum Gasteiger partial charge on any atom is 0.165 e. The highest BCUT2D eigenvalue weighted by Crippen LogP contribution is 2.22. The van der Waals surface area contributed by atoms with Gasteiger partial charge in [0, 0.05) is 0 Å². The van der Waals surface area contributed by atoms with E-state index in [1.165, 1.54) is 6.07 Å². The molecule has 0 saturated carbocycles. The molecule has 0 aliphatic carbocycles. The van der Waals surface area contributed by atoms with Gasteiger partial charge in [0.25, 0.3) is 0 Å². The van der Waals surface area contributed by atoms with E-state index in [0.717, 1.165) is 6.42 Å². The highest BCUT2D eigenvalue weighted by molar-refractivity contribution is 5.30. The molecule has 3 heteroatoms. The van der Waals surface area contributed by atoms with Crippen LogP contribution in [0.3, 0.4) is 0 Å². The smallest absolute Gasteiger partial charge is 0.165 e. The van der Waals surface area contributed by atoms with Crippen LogP contribution in [0.5, 0.6) is 5.75 Å². The molecule has 0 radical (unpaired) electrons. The number of hydrogen-bond acceptors (Lipinski definition) is 2. The van der Waals surface area contributed by atoms with Crippen molar-refractivity contribution in [3.63, 3.8) is 0 Å². The van der Waals surface area contributed by atoms with Crippen LogP contribution in [0.2, 0.25) is 0 Å². The van der Waals surface area contributed by atoms with Crippen molar-refractivity contribution in [3.05, 3.63) is 29.6 Å². The van der Waals surface area contributed by atoms with E-state index in [0.29, 0.717) is 18.1 Å². The fraction of sp³-hybridized carbons (Fsp3) is 0.538. The Morgan fingerprint density at radius 2 is 2.00 bits per heavy atom. The largest absolute Gasteiger partial charge is 0.491 e.